The van der Waals surface area contributed by atoms with Gasteiger partial charge in [0, 0.05) is 12.1 Å². The Kier molecular flexibility index (Phi) is 9.70. The van der Waals surface area contributed by atoms with Crippen molar-refractivity contribution in [2.45, 2.75) is 138 Å². The summed E-state index contributed by atoms with van der Waals surface area (Å²) in [6, 6.07) is 7.76. The average Bonchev–Trinajstić information content (AvgIpc) is 3.31. The third-order valence-corrected chi connectivity index (χ3v) is 12.5. The summed E-state index contributed by atoms with van der Waals surface area (Å²) >= 11 is 0. The van der Waals surface area contributed by atoms with E-state index >= 15 is 0 Å². The Morgan fingerprint density at radius 1 is 0.976 bits per heavy atom. The second-order valence-electron chi connectivity index (χ2n) is 15.5. The molecule has 0 aliphatic heterocycles. The summed E-state index contributed by atoms with van der Waals surface area (Å²) in [7, 11) is 0. The number of allylic oxidation sites excluding steroid dienone is 1. The van der Waals surface area contributed by atoms with E-state index in [1.165, 1.54) is 57.8 Å². The van der Waals surface area contributed by atoms with Crippen molar-refractivity contribution in [1.82, 2.24) is 0 Å². The van der Waals surface area contributed by atoms with E-state index < -0.39 is 6.09 Å². The number of nitrogens with one attached hydrogen (secondary N) is 1. The lowest BCUT2D eigenvalue weighted by Gasteiger charge is -2.58. The summed E-state index contributed by atoms with van der Waals surface area (Å²) < 4.78 is 11.8. The monoisotopic (exact) mass is 577 g/mol. The van der Waals surface area contributed by atoms with E-state index in [2.05, 4.69) is 46.0 Å². The van der Waals surface area contributed by atoms with Crippen LogP contribution in [0, 0.1) is 46.3 Å². The predicted molar refractivity (Wildman–Crippen MR) is 174 cm³/mol. The van der Waals surface area contributed by atoms with Gasteiger partial charge in [0.1, 0.15) is 18.0 Å². The molecule has 4 aliphatic carbocycles. The number of fused-ring (bicyclic) bond motifs is 5. The van der Waals surface area contributed by atoms with Crippen LogP contribution in [0.2, 0.25) is 0 Å². The van der Waals surface area contributed by atoms with Gasteiger partial charge in [-0.15, -0.1) is 0 Å². The lowest BCUT2D eigenvalue weighted by molar-refractivity contribution is -0.0559. The molecule has 3 saturated carbocycles. The molecule has 1 N–H and O–H groups in total. The number of benzene rings is 1. The van der Waals surface area contributed by atoms with Crippen molar-refractivity contribution in [3.05, 3.63) is 35.9 Å². The van der Waals surface area contributed by atoms with Crippen LogP contribution in [0.25, 0.3) is 0 Å². The predicted octanol–water partition coefficient (Wildman–Crippen LogP) is 10.8. The minimum atomic E-state index is -0.403. The van der Waals surface area contributed by atoms with E-state index in [4.69, 9.17) is 9.47 Å². The summed E-state index contributed by atoms with van der Waals surface area (Å²) in [4.78, 5) is 12.1. The molecular formula is C38H59NO3. The van der Waals surface area contributed by atoms with Crippen LogP contribution in [0.5, 0.6) is 5.75 Å². The number of hydrogen-bond acceptors (Lipinski definition) is 3. The van der Waals surface area contributed by atoms with Crippen LogP contribution in [0.4, 0.5) is 10.5 Å². The molecule has 0 saturated heterocycles. The van der Waals surface area contributed by atoms with E-state index in [-0.39, 0.29) is 12.2 Å². The van der Waals surface area contributed by atoms with Gasteiger partial charge in [-0.1, -0.05) is 72.5 Å². The summed E-state index contributed by atoms with van der Waals surface area (Å²) in [6.07, 6.45) is 17.9. The molecule has 0 bridgehead atoms. The number of carbonyl (C=O) groups is 1. The molecule has 234 valence electrons. The topological polar surface area (TPSA) is 47.6 Å². The Hall–Kier alpha value is -1.97. The third-order valence-electron chi connectivity index (χ3n) is 12.5. The van der Waals surface area contributed by atoms with E-state index in [0.717, 1.165) is 66.2 Å². The second-order valence-corrected chi connectivity index (χ2v) is 15.5. The Bertz CT molecular complexity index is 1090. The van der Waals surface area contributed by atoms with Crippen molar-refractivity contribution in [2.24, 2.45) is 46.3 Å². The van der Waals surface area contributed by atoms with Gasteiger partial charge in [-0.3, -0.25) is 5.32 Å². The zero-order valence-electron chi connectivity index (χ0n) is 27.7. The Labute approximate surface area is 256 Å². The first-order valence-electron chi connectivity index (χ1n) is 17.5. The van der Waals surface area contributed by atoms with Gasteiger partial charge in [-0.25, -0.2) is 4.79 Å². The van der Waals surface area contributed by atoms with Crippen LogP contribution in [-0.2, 0) is 4.74 Å². The molecule has 0 spiro atoms. The number of hydrogen-bond donors (Lipinski definition) is 1. The maximum Gasteiger partial charge on any atom is 0.411 e. The molecule has 0 aromatic heterocycles. The van der Waals surface area contributed by atoms with Gasteiger partial charge in [-0.2, -0.15) is 0 Å². The molecule has 4 heteroatoms. The van der Waals surface area contributed by atoms with Crippen molar-refractivity contribution in [3.8, 4) is 5.75 Å². The van der Waals surface area contributed by atoms with Crippen LogP contribution in [0.3, 0.4) is 0 Å². The van der Waals surface area contributed by atoms with Gasteiger partial charge in [0.05, 0.1) is 0 Å². The van der Waals surface area contributed by atoms with Crippen molar-refractivity contribution in [2.75, 3.05) is 5.32 Å². The first-order valence-corrected chi connectivity index (χ1v) is 17.5. The first-order chi connectivity index (χ1) is 20.0. The zero-order chi connectivity index (χ0) is 30.1. The first kappa shape index (κ1) is 31.5. The Morgan fingerprint density at radius 2 is 1.74 bits per heavy atom. The summed E-state index contributed by atoms with van der Waals surface area (Å²) in [5.41, 5.74) is 3.30. The van der Waals surface area contributed by atoms with Gasteiger partial charge in [0.2, 0.25) is 0 Å². The van der Waals surface area contributed by atoms with E-state index in [1.54, 1.807) is 5.57 Å². The highest BCUT2D eigenvalue weighted by Gasteiger charge is 2.59. The fourth-order valence-electron chi connectivity index (χ4n) is 9.98. The molecule has 42 heavy (non-hydrogen) atoms. The Balaban J connectivity index is 1.18. The lowest BCUT2D eigenvalue weighted by atomic mass is 9.47. The summed E-state index contributed by atoms with van der Waals surface area (Å²) in [6.45, 7) is 16.5. The maximum absolute atomic E-state index is 12.1. The van der Waals surface area contributed by atoms with Gasteiger partial charge in [0.25, 0.3) is 0 Å². The molecule has 0 radical (unpaired) electrons. The fourth-order valence-corrected chi connectivity index (χ4v) is 9.98. The van der Waals surface area contributed by atoms with Crippen molar-refractivity contribution in [1.29, 1.82) is 0 Å². The summed E-state index contributed by atoms with van der Waals surface area (Å²) in [5, 5.41) is 2.82. The SMILES string of the molecule is CCC(C)OC(=O)Nc1ccc(OC2CCC3(C)C(=CCC4C3CCC3(C)C(C(C)CCCC(C)C)CCC43)C2)cc1. The normalized spacial score (nSPS) is 35.3. The number of ether oxygens (including phenoxy) is 2. The summed E-state index contributed by atoms with van der Waals surface area (Å²) in [5.74, 6) is 6.13. The van der Waals surface area contributed by atoms with Crippen LogP contribution >= 0.6 is 0 Å². The number of carbonyl (C=O) groups excluding carboxylic acids is 1. The minimum Gasteiger partial charge on any atom is -0.490 e. The number of anilines is 1. The Morgan fingerprint density at radius 3 is 2.45 bits per heavy atom. The van der Waals surface area contributed by atoms with Crippen molar-refractivity contribution >= 4 is 11.8 Å². The molecule has 0 heterocycles. The number of amides is 1. The standard InChI is InChI=1S/C38H59NO3/c1-8-27(5)41-36(40)39-29-13-15-30(16-14-29)42-31-20-22-37(6)28(24-31)12-17-32-34-19-18-33(26(4)11-9-10-25(2)3)38(34,7)23-21-35(32)37/h12-16,25-27,31-35H,8-11,17-24H2,1-7H3,(H,39,40). The lowest BCUT2D eigenvalue weighted by Crippen LogP contribution is -2.51. The molecule has 3 fully saturated rings. The van der Waals surface area contributed by atoms with Gasteiger partial charge < -0.3 is 9.47 Å². The smallest absolute Gasteiger partial charge is 0.411 e. The number of rotatable bonds is 10. The molecule has 4 aliphatic rings. The van der Waals surface area contributed by atoms with Crippen molar-refractivity contribution < 1.29 is 14.3 Å². The molecule has 9 unspecified atom stereocenters. The minimum absolute atomic E-state index is 0.0877. The largest absolute Gasteiger partial charge is 0.490 e. The molecule has 1 aromatic rings. The van der Waals surface area contributed by atoms with E-state index in [0.29, 0.717) is 10.8 Å². The van der Waals surface area contributed by atoms with E-state index in [1.807, 2.05) is 38.1 Å². The van der Waals surface area contributed by atoms with Crippen LogP contribution < -0.4 is 10.1 Å². The average molecular weight is 578 g/mol. The molecule has 1 amide bonds. The molecule has 5 rings (SSSR count). The van der Waals surface area contributed by atoms with Crippen LogP contribution in [-0.4, -0.2) is 18.3 Å². The molecule has 4 nitrogen and oxygen atoms in total. The van der Waals surface area contributed by atoms with Crippen LogP contribution in [0.15, 0.2) is 35.9 Å². The zero-order valence-corrected chi connectivity index (χ0v) is 27.7. The van der Waals surface area contributed by atoms with Crippen molar-refractivity contribution in [3.63, 3.8) is 0 Å². The maximum atomic E-state index is 12.1. The van der Waals surface area contributed by atoms with Gasteiger partial charge in [0.15, 0.2) is 0 Å². The van der Waals surface area contributed by atoms with Crippen LogP contribution in [0.1, 0.15) is 126 Å². The quantitative estimate of drug-likeness (QED) is 0.281. The molecular weight excluding hydrogens is 518 g/mol. The van der Waals surface area contributed by atoms with Gasteiger partial charge in [-0.05, 0) is 129 Å². The molecule has 1 aromatic carbocycles. The highest BCUT2D eigenvalue weighted by atomic mass is 16.6. The van der Waals surface area contributed by atoms with Gasteiger partial charge >= 0.3 is 6.09 Å². The highest BCUT2D eigenvalue weighted by molar-refractivity contribution is 5.84. The second kappa shape index (κ2) is 12.9. The van der Waals surface area contributed by atoms with E-state index in [9.17, 15) is 4.79 Å². The molecule has 9 atom stereocenters. The highest BCUT2D eigenvalue weighted by Crippen LogP contribution is 2.67. The fraction of sp³-hybridized carbons (Fsp3) is 0.763. The third kappa shape index (κ3) is 6.43.